The third-order valence-corrected chi connectivity index (χ3v) is 2.12. The summed E-state index contributed by atoms with van der Waals surface area (Å²) in [6.45, 7) is 1.81. The SMILES string of the molecule is Cc1ccc(C(=O)NC2CC2N)o1. The highest BCUT2D eigenvalue weighted by molar-refractivity contribution is 5.91. The third kappa shape index (κ3) is 1.72. The van der Waals surface area contributed by atoms with Crippen LogP contribution in [0.2, 0.25) is 0 Å². The van der Waals surface area contributed by atoms with Crippen LogP contribution in [0, 0.1) is 6.92 Å². The molecule has 2 unspecified atom stereocenters. The summed E-state index contributed by atoms with van der Waals surface area (Å²) in [5.41, 5.74) is 5.55. The zero-order valence-corrected chi connectivity index (χ0v) is 7.41. The number of amides is 1. The molecule has 2 atom stereocenters. The predicted molar refractivity (Wildman–Crippen MR) is 47.3 cm³/mol. The average molecular weight is 180 g/mol. The van der Waals surface area contributed by atoms with Crippen LogP contribution in [0.4, 0.5) is 0 Å². The molecule has 13 heavy (non-hydrogen) atoms. The van der Waals surface area contributed by atoms with Crippen molar-refractivity contribution >= 4 is 5.91 Å². The molecule has 0 radical (unpaired) electrons. The van der Waals surface area contributed by atoms with Gasteiger partial charge < -0.3 is 15.5 Å². The maximum Gasteiger partial charge on any atom is 0.287 e. The van der Waals surface area contributed by atoms with Gasteiger partial charge in [-0.3, -0.25) is 4.79 Å². The summed E-state index contributed by atoms with van der Waals surface area (Å²) in [4.78, 5) is 11.4. The second-order valence-corrected chi connectivity index (χ2v) is 3.39. The molecule has 0 aliphatic heterocycles. The van der Waals surface area contributed by atoms with Gasteiger partial charge in [0.05, 0.1) is 0 Å². The van der Waals surface area contributed by atoms with E-state index in [0.29, 0.717) is 5.76 Å². The normalized spacial score (nSPS) is 25.7. The van der Waals surface area contributed by atoms with Gasteiger partial charge in [-0.2, -0.15) is 0 Å². The lowest BCUT2D eigenvalue weighted by Gasteiger charge is -1.99. The molecule has 1 aromatic heterocycles. The maximum atomic E-state index is 11.4. The van der Waals surface area contributed by atoms with E-state index in [9.17, 15) is 4.79 Å². The number of hydrogen-bond donors (Lipinski definition) is 2. The molecule has 4 heteroatoms. The summed E-state index contributed by atoms with van der Waals surface area (Å²) in [5, 5.41) is 2.78. The Morgan fingerprint density at radius 1 is 1.69 bits per heavy atom. The molecule has 0 saturated heterocycles. The summed E-state index contributed by atoms with van der Waals surface area (Å²) in [7, 11) is 0. The molecule has 0 bridgehead atoms. The van der Waals surface area contributed by atoms with Crippen LogP contribution < -0.4 is 11.1 Å². The number of rotatable bonds is 2. The second-order valence-electron chi connectivity index (χ2n) is 3.39. The Balaban J connectivity index is 1.97. The van der Waals surface area contributed by atoms with Crippen LogP contribution >= 0.6 is 0 Å². The monoisotopic (exact) mass is 180 g/mol. The first kappa shape index (κ1) is 8.31. The second kappa shape index (κ2) is 2.88. The Morgan fingerprint density at radius 2 is 2.38 bits per heavy atom. The number of hydrogen-bond acceptors (Lipinski definition) is 3. The van der Waals surface area contributed by atoms with Gasteiger partial charge in [0.15, 0.2) is 5.76 Å². The summed E-state index contributed by atoms with van der Waals surface area (Å²) in [6, 6.07) is 3.69. The van der Waals surface area contributed by atoms with E-state index in [4.69, 9.17) is 10.2 Å². The van der Waals surface area contributed by atoms with Gasteiger partial charge in [-0.25, -0.2) is 0 Å². The molecule has 1 aromatic rings. The summed E-state index contributed by atoms with van der Waals surface area (Å²) in [6.07, 6.45) is 0.866. The van der Waals surface area contributed by atoms with Crippen molar-refractivity contribution in [3.05, 3.63) is 23.7 Å². The van der Waals surface area contributed by atoms with E-state index in [0.717, 1.165) is 12.2 Å². The minimum absolute atomic E-state index is 0.125. The van der Waals surface area contributed by atoms with Crippen molar-refractivity contribution in [3.63, 3.8) is 0 Å². The van der Waals surface area contributed by atoms with Crippen molar-refractivity contribution in [2.24, 2.45) is 5.73 Å². The van der Waals surface area contributed by atoms with Gasteiger partial charge in [0.25, 0.3) is 5.91 Å². The number of carbonyl (C=O) groups excluding carboxylic acids is 1. The molecular formula is C9H12N2O2. The summed E-state index contributed by atoms with van der Waals surface area (Å²) >= 11 is 0. The largest absolute Gasteiger partial charge is 0.456 e. The Hall–Kier alpha value is -1.29. The van der Waals surface area contributed by atoms with Crippen molar-refractivity contribution < 1.29 is 9.21 Å². The Bertz CT molecular complexity index is 332. The van der Waals surface area contributed by atoms with Crippen molar-refractivity contribution in [2.75, 3.05) is 0 Å². The zero-order valence-electron chi connectivity index (χ0n) is 7.41. The molecule has 0 aromatic carbocycles. The molecule has 1 aliphatic rings. The minimum atomic E-state index is -0.175. The van der Waals surface area contributed by atoms with E-state index in [-0.39, 0.29) is 18.0 Å². The van der Waals surface area contributed by atoms with Gasteiger partial charge in [0, 0.05) is 12.1 Å². The van der Waals surface area contributed by atoms with E-state index >= 15 is 0 Å². The van der Waals surface area contributed by atoms with Crippen LogP contribution in [0.15, 0.2) is 16.5 Å². The highest BCUT2D eigenvalue weighted by Crippen LogP contribution is 2.18. The predicted octanol–water partition coefficient (Wildman–Crippen LogP) is 0.417. The third-order valence-electron chi connectivity index (χ3n) is 2.12. The van der Waals surface area contributed by atoms with E-state index in [1.54, 1.807) is 19.1 Å². The fourth-order valence-electron chi connectivity index (χ4n) is 1.18. The van der Waals surface area contributed by atoms with Crippen LogP contribution in [0.3, 0.4) is 0 Å². The highest BCUT2D eigenvalue weighted by atomic mass is 16.3. The number of carbonyl (C=O) groups is 1. The number of aryl methyl sites for hydroxylation is 1. The fourth-order valence-corrected chi connectivity index (χ4v) is 1.18. The van der Waals surface area contributed by atoms with Gasteiger partial charge in [-0.05, 0) is 25.5 Å². The Kier molecular flexibility index (Phi) is 1.84. The van der Waals surface area contributed by atoms with Crippen molar-refractivity contribution in [1.29, 1.82) is 0 Å². The maximum absolute atomic E-state index is 11.4. The van der Waals surface area contributed by atoms with Crippen LogP contribution in [0.25, 0.3) is 0 Å². The average Bonchev–Trinajstić information content (AvgIpc) is 2.62. The molecule has 4 nitrogen and oxygen atoms in total. The van der Waals surface area contributed by atoms with Crippen LogP contribution in [0.1, 0.15) is 22.7 Å². The van der Waals surface area contributed by atoms with Gasteiger partial charge in [0.2, 0.25) is 0 Å². The first-order valence-electron chi connectivity index (χ1n) is 4.29. The van der Waals surface area contributed by atoms with Gasteiger partial charge >= 0.3 is 0 Å². The topological polar surface area (TPSA) is 68.3 Å². The molecule has 1 heterocycles. The molecule has 1 fully saturated rings. The van der Waals surface area contributed by atoms with Crippen LogP contribution in [0.5, 0.6) is 0 Å². The number of nitrogens with one attached hydrogen (secondary N) is 1. The summed E-state index contributed by atoms with van der Waals surface area (Å²) in [5.74, 6) is 0.924. The first-order chi connectivity index (χ1) is 6.16. The van der Waals surface area contributed by atoms with E-state index < -0.39 is 0 Å². The summed E-state index contributed by atoms with van der Waals surface area (Å²) < 4.78 is 5.16. The molecule has 2 rings (SSSR count). The van der Waals surface area contributed by atoms with E-state index in [1.807, 2.05) is 0 Å². The number of nitrogens with two attached hydrogens (primary N) is 1. The molecule has 1 amide bonds. The van der Waals surface area contributed by atoms with Crippen LogP contribution in [-0.4, -0.2) is 18.0 Å². The molecule has 70 valence electrons. The molecule has 1 aliphatic carbocycles. The minimum Gasteiger partial charge on any atom is -0.456 e. The zero-order chi connectivity index (χ0) is 9.42. The lowest BCUT2D eigenvalue weighted by atomic mass is 10.4. The lowest BCUT2D eigenvalue weighted by Crippen LogP contribution is -2.29. The highest BCUT2D eigenvalue weighted by Gasteiger charge is 2.35. The van der Waals surface area contributed by atoms with Crippen molar-refractivity contribution in [2.45, 2.75) is 25.4 Å². The van der Waals surface area contributed by atoms with E-state index in [2.05, 4.69) is 5.32 Å². The molecule has 1 saturated carbocycles. The lowest BCUT2D eigenvalue weighted by molar-refractivity contribution is 0.0921. The Morgan fingerprint density at radius 3 is 2.85 bits per heavy atom. The van der Waals surface area contributed by atoms with Crippen LogP contribution in [-0.2, 0) is 0 Å². The molecular weight excluding hydrogens is 168 g/mol. The van der Waals surface area contributed by atoms with Gasteiger partial charge in [-0.1, -0.05) is 0 Å². The standard InChI is InChI=1S/C9H12N2O2/c1-5-2-3-8(13-5)9(12)11-7-4-6(7)10/h2-3,6-7H,4,10H2,1H3,(H,11,12). The van der Waals surface area contributed by atoms with Gasteiger partial charge in [-0.15, -0.1) is 0 Å². The molecule has 0 spiro atoms. The first-order valence-corrected chi connectivity index (χ1v) is 4.29. The smallest absolute Gasteiger partial charge is 0.287 e. The van der Waals surface area contributed by atoms with Crippen molar-refractivity contribution in [1.82, 2.24) is 5.32 Å². The van der Waals surface area contributed by atoms with Gasteiger partial charge in [0.1, 0.15) is 5.76 Å². The quantitative estimate of drug-likeness (QED) is 0.693. The molecule has 3 N–H and O–H groups in total. The Labute approximate surface area is 76.1 Å². The number of furan rings is 1. The van der Waals surface area contributed by atoms with E-state index in [1.165, 1.54) is 0 Å². The fraction of sp³-hybridized carbons (Fsp3) is 0.444. The van der Waals surface area contributed by atoms with Crippen molar-refractivity contribution in [3.8, 4) is 0 Å².